The molecule has 2 aromatic carbocycles. The molecule has 0 aliphatic carbocycles. The first-order valence-corrected chi connectivity index (χ1v) is 11.2. The second-order valence-corrected chi connectivity index (χ2v) is 8.98. The van der Waals surface area contributed by atoms with E-state index < -0.39 is 10.0 Å². The van der Waals surface area contributed by atoms with Crippen LogP contribution in [0.1, 0.15) is 18.1 Å². The number of nitriles is 1. The first-order chi connectivity index (χ1) is 14.5. The van der Waals surface area contributed by atoms with Gasteiger partial charge in [0.15, 0.2) is 11.5 Å². The highest BCUT2D eigenvalue weighted by molar-refractivity contribution is 7.89. The van der Waals surface area contributed by atoms with E-state index in [2.05, 4.69) is 4.90 Å². The van der Waals surface area contributed by atoms with E-state index >= 15 is 0 Å². The van der Waals surface area contributed by atoms with Crippen molar-refractivity contribution in [1.29, 1.82) is 5.26 Å². The van der Waals surface area contributed by atoms with Gasteiger partial charge in [0.25, 0.3) is 0 Å². The molecule has 158 valence electrons. The van der Waals surface area contributed by atoms with E-state index in [1.165, 1.54) is 10.4 Å². The molecule has 0 unspecified atom stereocenters. The fraction of sp³-hybridized carbons (Fsp3) is 0.381. The fourth-order valence-corrected chi connectivity index (χ4v) is 5.20. The van der Waals surface area contributed by atoms with Gasteiger partial charge in [-0.05, 0) is 42.8 Å². The highest BCUT2D eigenvalue weighted by Crippen LogP contribution is 2.33. The minimum absolute atomic E-state index is 0.0487. The van der Waals surface area contributed by atoms with Crippen molar-refractivity contribution in [2.24, 2.45) is 0 Å². The van der Waals surface area contributed by atoms with E-state index in [0.29, 0.717) is 44.9 Å². The van der Waals surface area contributed by atoms with E-state index in [0.717, 1.165) is 17.1 Å². The van der Waals surface area contributed by atoms with Gasteiger partial charge in [-0.1, -0.05) is 6.07 Å². The van der Waals surface area contributed by atoms with Crippen LogP contribution in [0.2, 0.25) is 0 Å². The highest BCUT2D eigenvalue weighted by Gasteiger charge is 2.31. The predicted octanol–water partition coefficient (Wildman–Crippen LogP) is 2.19. The van der Waals surface area contributed by atoms with Gasteiger partial charge in [0.1, 0.15) is 10.6 Å². The Balaban J connectivity index is 1.45. The zero-order valence-electron chi connectivity index (χ0n) is 16.7. The number of fused-ring (bicyclic) bond motifs is 1. The van der Waals surface area contributed by atoms with Crippen molar-refractivity contribution in [3.63, 3.8) is 0 Å². The summed E-state index contributed by atoms with van der Waals surface area (Å²) in [5, 5.41) is 9.17. The standard InChI is InChI=1S/C21H23N3O5S/c1-2-27-19-6-3-16(13-22)12-21(19)30(25,26)24-9-7-23(8-10-24)14-17-4-5-18-20(11-17)29-15-28-18/h3-6,11-12H,2,7-10,14-15H2,1H3. The summed E-state index contributed by atoms with van der Waals surface area (Å²) in [5.74, 6) is 1.77. The van der Waals surface area contributed by atoms with Gasteiger partial charge < -0.3 is 14.2 Å². The number of hydrogen-bond acceptors (Lipinski definition) is 7. The lowest BCUT2D eigenvalue weighted by atomic mass is 10.2. The van der Waals surface area contributed by atoms with Gasteiger partial charge in [0.05, 0.1) is 18.2 Å². The molecule has 0 N–H and O–H groups in total. The highest BCUT2D eigenvalue weighted by atomic mass is 32.2. The molecule has 0 bridgehead atoms. The second kappa shape index (κ2) is 8.52. The third-order valence-electron chi connectivity index (χ3n) is 5.16. The number of sulfonamides is 1. The van der Waals surface area contributed by atoms with E-state index in [1.54, 1.807) is 19.1 Å². The lowest BCUT2D eigenvalue weighted by Gasteiger charge is -2.34. The molecule has 2 aliphatic rings. The van der Waals surface area contributed by atoms with Crippen LogP contribution in [0.25, 0.3) is 0 Å². The molecule has 2 aliphatic heterocycles. The minimum atomic E-state index is -3.76. The largest absolute Gasteiger partial charge is 0.492 e. The molecule has 30 heavy (non-hydrogen) atoms. The zero-order valence-corrected chi connectivity index (χ0v) is 17.5. The van der Waals surface area contributed by atoms with Crippen molar-refractivity contribution in [2.75, 3.05) is 39.6 Å². The molecule has 0 atom stereocenters. The molecule has 0 amide bonds. The molecule has 1 saturated heterocycles. The van der Waals surface area contributed by atoms with E-state index in [1.807, 2.05) is 24.3 Å². The topological polar surface area (TPSA) is 92.1 Å². The maximum absolute atomic E-state index is 13.2. The number of piperazine rings is 1. The van der Waals surface area contributed by atoms with Crippen molar-refractivity contribution >= 4 is 10.0 Å². The summed E-state index contributed by atoms with van der Waals surface area (Å²) in [4.78, 5) is 2.26. The molecule has 9 heteroatoms. The van der Waals surface area contributed by atoms with Gasteiger partial charge in [-0.25, -0.2) is 8.42 Å². The number of ether oxygens (including phenoxy) is 3. The third kappa shape index (κ3) is 4.07. The molecule has 8 nitrogen and oxygen atoms in total. The van der Waals surface area contributed by atoms with E-state index in [-0.39, 0.29) is 17.4 Å². The second-order valence-electron chi connectivity index (χ2n) is 7.07. The molecule has 0 saturated carbocycles. The Bertz CT molecular complexity index is 1070. The van der Waals surface area contributed by atoms with Crippen LogP contribution in [0.3, 0.4) is 0 Å². The Kier molecular flexibility index (Phi) is 5.81. The summed E-state index contributed by atoms with van der Waals surface area (Å²) < 4.78 is 44.2. The molecule has 0 radical (unpaired) electrons. The van der Waals surface area contributed by atoms with Gasteiger partial charge in [0, 0.05) is 32.7 Å². The normalized spacial score (nSPS) is 16.9. The maximum atomic E-state index is 13.2. The molecule has 2 aromatic rings. The molecule has 0 spiro atoms. The molecule has 1 fully saturated rings. The first kappa shape index (κ1) is 20.5. The summed E-state index contributed by atoms with van der Waals surface area (Å²) >= 11 is 0. The van der Waals surface area contributed by atoms with Crippen molar-refractivity contribution in [3.8, 4) is 23.3 Å². The monoisotopic (exact) mass is 429 g/mol. The quantitative estimate of drug-likeness (QED) is 0.695. The molecule has 4 rings (SSSR count). The SMILES string of the molecule is CCOc1ccc(C#N)cc1S(=O)(=O)N1CCN(Cc2ccc3c(c2)OCO3)CC1. The average molecular weight is 429 g/mol. The van der Waals surface area contributed by atoms with Crippen LogP contribution in [0, 0.1) is 11.3 Å². The Morgan fingerprint density at radius 1 is 1.07 bits per heavy atom. The average Bonchev–Trinajstić information content (AvgIpc) is 3.22. The third-order valence-corrected chi connectivity index (χ3v) is 7.08. The summed E-state index contributed by atoms with van der Waals surface area (Å²) in [6, 6.07) is 12.4. The minimum Gasteiger partial charge on any atom is -0.492 e. The van der Waals surface area contributed by atoms with Crippen molar-refractivity contribution < 1.29 is 22.6 Å². The summed E-state index contributed by atoms with van der Waals surface area (Å²) in [6.07, 6.45) is 0. The lowest BCUT2D eigenvalue weighted by Crippen LogP contribution is -2.48. The molecular weight excluding hydrogens is 406 g/mol. The fourth-order valence-electron chi connectivity index (χ4n) is 3.62. The molecular formula is C21H23N3O5S. The Morgan fingerprint density at radius 2 is 1.83 bits per heavy atom. The van der Waals surface area contributed by atoms with Crippen LogP contribution in [0.4, 0.5) is 0 Å². The van der Waals surface area contributed by atoms with Crippen molar-refractivity contribution in [3.05, 3.63) is 47.5 Å². The molecule has 0 aromatic heterocycles. The number of nitrogens with zero attached hydrogens (tertiary/aromatic N) is 3. The zero-order chi connectivity index (χ0) is 21.1. The molecule has 2 heterocycles. The van der Waals surface area contributed by atoms with Crippen LogP contribution >= 0.6 is 0 Å². The number of rotatable bonds is 6. The Labute approximate surface area is 176 Å². The van der Waals surface area contributed by atoms with Gasteiger partial charge in [-0.15, -0.1) is 0 Å². The Hall–Kier alpha value is -2.80. The summed E-state index contributed by atoms with van der Waals surface area (Å²) in [5.41, 5.74) is 1.38. The van der Waals surface area contributed by atoms with Crippen molar-refractivity contribution in [1.82, 2.24) is 9.21 Å². The Morgan fingerprint density at radius 3 is 2.57 bits per heavy atom. The summed E-state index contributed by atoms with van der Waals surface area (Å²) in [7, 11) is -3.76. The van der Waals surface area contributed by atoms with Crippen LogP contribution in [-0.4, -0.2) is 57.2 Å². The van der Waals surface area contributed by atoms with Crippen molar-refractivity contribution in [2.45, 2.75) is 18.4 Å². The van der Waals surface area contributed by atoms with E-state index in [9.17, 15) is 8.42 Å². The smallest absolute Gasteiger partial charge is 0.246 e. The van der Waals surface area contributed by atoms with Gasteiger partial charge >= 0.3 is 0 Å². The lowest BCUT2D eigenvalue weighted by molar-refractivity contribution is 0.173. The summed E-state index contributed by atoms with van der Waals surface area (Å²) in [6.45, 7) is 5.04. The first-order valence-electron chi connectivity index (χ1n) is 9.79. The van der Waals surface area contributed by atoms with Crippen LogP contribution in [0.5, 0.6) is 17.2 Å². The van der Waals surface area contributed by atoms with Gasteiger partial charge in [0.2, 0.25) is 16.8 Å². The number of hydrogen-bond donors (Lipinski definition) is 0. The van der Waals surface area contributed by atoms with E-state index in [4.69, 9.17) is 19.5 Å². The maximum Gasteiger partial charge on any atom is 0.246 e. The number of benzene rings is 2. The van der Waals surface area contributed by atoms with Gasteiger partial charge in [-0.2, -0.15) is 9.57 Å². The predicted molar refractivity (Wildman–Crippen MR) is 109 cm³/mol. The van der Waals surface area contributed by atoms with Gasteiger partial charge in [-0.3, -0.25) is 4.90 Å². The van der Waals surface area contributed by atoms with Crippen LogP contribution in [0.15, 0.2) is 41.3 Å². The van der Waals surface area contributed by atoms with Crippen LogP contribution < -0.4 is 14.2 Å². The van der Waals surface area contributed by atoms with Crippen LogP contribution in [-0.2, 0) is 16.6 Å².